The van der Waals surface area contributed by atoms with E-state index in [1.54, 1.807) is 16.2 Å². The topological polar surface area (TPSA) is 75.6 Å². The predicted molar refractivity (Wildman–Crippen MR) is 151 cm³/mol. The van der Waals surface area contributed by atoms with E-state index in [1.165, 1.54) is 11.3 Å². The second kappa shape index (κ2) is 11.4. The minimum Gasteiger partial charge on any atom is -0.456 e. The van der Waals surface area contributed by atoms with E-state index in [0.717, 1.165) is 57.1 Å². The van der Waals surface area contributed by atoms with Gasteiger partial charge >= 0.3 is 12.0 Å². The zero-order valence-electron chi connectivity index (χ0n) is 22.4. The molecule has 2 amide bonds. The highest BCUT2D eigenvalue weighted by atomic mass is 32.1. The molecular formula is C28H34F2N4O3S2. The summed E-state index contributed by atoms with van der Waals surface area (Å²) in [4.78, 5) is 30.3. The zero-order chi connectivity index (χ0) is 27.7. The highest BCUT2D eigenvalue weighted by Crippen LogP contribution is 2.39. The molecule has 2 N–H and O–H groups in total. The maximum absolute atomic E-state index is 13.2. The number of hydrogen-bond acceptors (Lipinski definition) is 6. The summed E-state index contributed by atoms with van der Waals surface area (Å²) in [7, 11) is 0. The lowest BCUT2D eigenvalue weighted by molar-refractivity contribution is 0.00698. The zero-order valence-corrected chi connectivity index (χ0v) is 24.1. The van der Waals surface area contributed by atoms with Crippen molar-refractivity contribution in [2.75, 3.05) is 18.4 Å². The van der Waals surface area contributed by atoms with Crippen LogP contribution >= 0.6 is 22.7 Å². The molecule has 0 radical (unpaired) electrons. The van der Waals surface area contributed by atoms with Crippen LogP contribution in [0.3, 0.4) is 0 Å². The summed E-state index contributed by atoms with van der Waals surface area (Å²) in [5, 5.41) is 7.42. The first kappa shape index (κ1) is 27.8. The Labute approximate surface area is 235 Å². The molecule has 0 saturated heterocycles. The number of halogens is 2. The Bertz CT molecular complexity index is 1340. The number of aromatic nitrogens is 1. The van der Waals surface area contributed by atoms with E-state index in [4.69, 9.17) is 4.74 Å². The molecule has 7 nitrogen and oxygen atoms in total. The van der Waals surface area contributed by atoms with Gasteiger partial charge in [0.2, 0.25) is 0 Å². The second-order valence-electron chi connectivity index (χ2n) is 11.0. The van der Waals surface area contributed by atoms with Gasteiger partial charge in [0.1, 0.15) is 15.6 Å². The van der Waals surface area contributed by atoms with Gasteiger partial charge in [-0.1, -0.05) is 0 Å². The number of nitrogens with one attached hydrogen (secondary N) is 2. The summed E-state index contributed by atoms with van der Waals surface area (Å²) in [6.45, 7) is 6.58. The number of ether oxygens (including phenoxy) is 1. The number of fused-ring (bicyclic) bond motifs is 2. The van der Waals surface area contributed by atoms with Crippen molar-refractivity contribution in [2.24, 2.45) is 0 Å². The molecule has 210 valence electrons. The number of nitrogens with zero attached hydrogens (tertiary/aromatic N) is 2. The minimum absolute atomic E-state index is 0.239. The largest absolute Gasteiger partial charge is 0.456 e. The first-order valence-electron chi connectivity index (χ1n) is 13.3. The number of carbonyl (C=O) groups excluding carboxylic acids is 2. The molecule has 5 rings (SSSR count). The number of carbonyl (C=O) groups is 2. The van der Waals surface area contributed by atoms with Gasteiger partial charge in [-0.15, -0.1) is 22.7 Å². The van der Waals surface area contributed by atoms with Crippen molar-refractivity contribution in [3.8, 4) is 5.00 Å². The van der Waals surface area contributed by atoms with E-state index in [9.17, 15) is 18.4 Å². The van der Waals surface area contributed by atoms with Crippen molar-refractivity contribution in [1.29, 1.82) is 0 Å². The number of thiophene rings is 2. The van der Waals surface area contributed by atoms with Crippen molar-refractivity contribution >= 4 is 39.7 Å². The lowest BCUT2D eigenvalue weighted by atomic mass is 9.95. The van der Waals surface area contributed by atoms with E-state index >= 15 is 0 Å². The van der Waals surface area contributed by atoms with Gasteiger partial charge in [0.25, 0.3) is 6.43 Å². The van der Waals surface area contributed by atoms with Gasteiger partial charge in [-0.2, -0.15) is 0 Å². The molecule has 0 unspecified atom stereocenters. The quantitative estimate of drug-likeness (QED) is 0.320. The number of rotatable bonds is 7. The molecule has 1 aliphatic carbocycles. The third kappa shape index (κ3) is 6.36. The molecule has 3 aromatic rings. The van der Waals surface area contributed by atoms with E-state index in [1.807, 2.05) is 49.9 Å². The van der Waals surface area contributed by atoms with Crippen LogP contribution in [0.5, 0.6) is 0 Å². The molecule has 11 heteroatoms. The van der Waals surface area contributed by atoms with Crippen LogP contribution in [0.15, 0.2) is 24.5 Å². The van der Waals surface area contributed by atoms with E-state index < -0.39 is 24.0 Å². The van der Waals surface area contributed by atoms with Crippen molar-refractivity contribution < 1.29 is 23.1 Å². The molecule has 0 bridgehead atoms. The van der Waals surface area contributed by atoms with Crippen LogP contribution in [0.25, 0.3) is 5.00 Å². The van der Waals surface area contributed by atoms with Crippen LogP contribution in [-0.4, -0.2) is 46.6 Å². The van der Waals surface area contributed by atoms with Gasteiger partial charge in [-0.3, -0.25) is 10.2 Å². The highest BCUT2D eigenvalue weighted by molar-refractivity contribution is 7.17. The molecule has 0 spiro atoms. The third-order valence-corrected chi connectivity index (χ3v) is 9.37. The summed E-state index contributed by atoms with van der Waals surface area (Å²) in [5.41, 5.74) is 2.94. The molecule has 3 aromatic heterocycles. The molecule has 0 aromatic carbocycles. The average Bonchev–Trinajstić information content (AvgIpc) is 3.58. The summed E-state index contributed by atoms with van der Waals surface area (Å²) in [6.07, 6.45) is 5.93. The average molecular weight is 577 g/mol. The van der Waals surface area contributed by atoms with Crippen LogP contribution in [0.4, 0.5) is 18.6 Å². The first-order valence-corrected chi connectivity index (χ1v) is 14.9. The van der Waals surface area contributed by atoms with Crippen molar-refractivity contribution in [2.45, 2.75) is 78.0 Å². The van der Waals surface area contributed by atoms with Crippen molar-refractivity contribution in [3.05, 3.63) is 56.5 Å². The Morgan fingerprint density at radius 3 is 2.51 bits per heavy atom. The SMILES string of the molecule is CC(C)(C)OC(=O)c1c(NC(=O)NCc2c(-n3cccc3)sc3c2CCN(CC(F)F)C3)sc2c1CCCC2. The highest BCUT2D eigenvalue weighted by Gasteiger charge is 2.30. The Kier molecular flexibility index (Phi) is 8.11. The fourth-order valence-corrected chi connectivity index (χ4v) is 7.88. The second-order valence-corrected chi connectivity index (χ2v) is 13.2. The number of anilines is 1. The number of alkyl halides is 2. The van der Waals surface area contributed by atoms with E-state index in [2.05, 4.69) is 10.6 Å². The van der Waals surface area contributed by atoms with Crippen LogP contribution in [0.1, 0.15) is 70.4 Å². The van der Waals surface area contributed by atoms with Gasteiger partial charge in [0, 0.05) is 47.3 Å². The summed E-state index contributed by atoms with van der Waals surface area (Å²) in [6, 6.07) is 3.47. The monoisotopic (exact) mass is 576 g/mol. The molecule has 1 aliphatic heterocycles. The standard InChI is InChI=1S/C28H34F2N4O3S2/c1-28(2,3)37-26(35)23-18-8-4-5-9-20(18)38-24(23)32-27(36)31-14-19-17-10-13-33(16-22(29)30)15-21(17)39-25(19)34-11-6-7-12-34/h6-7,11-12,22H,4-5,8-10,13-16H2,1-3H3,(H2,31,32,36). The number of aryl methyl sites for hydroxylation is 1. The van der Waals surface area contributed by atoms with Gasteiger partial charge in [0.15, 0.2) is 0 Å². The summed E-state index contributed by atoms with van der Waals surface area (Å²) >= 11 is 3.04. The molecular weight excluding hydrogens is 542 g/mol. The minimum atomic E-state index is -2.37. The lowest BCUT2D eigenvalue weighted by Gasteiger charge is -2.26. The number of hydrogen-bond donors (Lipinski definition) is 2. The maximum Gasteiger partial charge on any atom is 0.341 e. The van der Waals surface area contributed by atoms with Crippen LogP contribution in [-0.2, 0) is 37.1 Å². The fourth-order valence-electron chi connectivity index (χ4n) is 5.23. The molecule has 2 aliphatic rings. The van der Waals surface area contributed by atoms with E-state index in [0.29, 0.717) is 30.1 Å². The summed E-state index contributed by atoms with van der Waals surface area (Å²) in [5.74, 6) is -0.410. The van der Waals surface area contributed by atoms with Gasteiger partial charge in [-0.05, 0) is 76.1 Å². The van der Waals surface area contributed by atoms with Crippen LogP contribution in [0.2, 0.25) is 0 Å². The number of amides is 2. The smallest absolute Gasteiger partial charge is 0.341 e. The van der Waals surface area contributed by atoms with Crippen molar-refractivity contribution in [3.63, 3.8) is 0 Å². The molecule has 0 atom stereocenters. The number of esters is 1. The van der Waals surface area contributed by atoms with Crippen LogP contribution < -0.4 is 10.6 Å². The van der Waals surface area contributed by atoms with Gasteiger partial charge < -0.3 is 14.6 Å². The normalized spacial score (nSPS) is 15.6. The third-order valence-electron chi connectivity index (χ3n) is 6.89. The molecule has 0 fully saturated rings. The first-order chi connectivity index (χ1) is 18.6. The summed E-state index contributed by atoms with van der Waals surface area (Å²) < 4.78 is 33.7. The lowest BCUT2D eigenvalue weighted by Crippen LogP contribution is -2.34. The van der Waals surface area contributed by atoms with E-state index in [-0.39, 0.29) is 13.1 Å². The number of urea groups is 1. The Balaban J connectivity index is 1.35. The Hall–Kier alpha value is -2.76. The predicted octanol–water partition coefficient (Wildman–Crippen LogP) is 6.38. The van der Waals surface area contributed by atoms with Gasteiger partial charge in [-0.25, -0.2) is 18.4 Å². The van der Waals surface area contributed by atoms with Crippen molar-refractivity contribution in [1.82, 2.24) is 14.8 Å². The molecule has 4 heterocycles. The maximum atomic E-state index is 13.2. The fraction of sp³-hybridized carbons (Fsp3) is 0.500. The van der Waals surface area contributed by atoms with Crippen LogP contribution in [0, 0.1) is 0 Å². The Morgan fingerprint density at radius 1 is 1.05 bits per heavy atom. The Morgan fingerprint density at radius 2 is 1.79 bits per heavy atom. The van der Waals surface area contributed by atoms with Gasteiger partial charge in [0.05, 0.1) is 12.1 Å². The molecule has 39 heavy (non-hydrogen) atoms. The molecule has 0 saturated carbocycles.